The number of nitrogens with two attached hydrogens (primary N) is 2. The van der Waals surface area contributed by atoms with Crippen LogP contribution in [0.5, 0.6) is 5.75 Å². The second kappa shape index (κ2) is 23.4. The van der Waals surface area contributed by atoms with Crippen LogP contribution in [0, 0.1) is 17.2 Å². The lowest BCUT2D eigenvalue weighted by molar-refractivity contribution is -0.138. The van der Waals surface area contributed by atoms with Crippen molar-refractivity contribution in [3.05, 3.63) is 52.5 Å². The summed E-state index contributed by atoms with van der Waals surface area (Å²) in [4.78, 5) is 37.7. The van der Waals surface area contributed by atoms with Crippen LogP contribution < -0.4 is 26.8 Å². The number of carboxylic acids is 1. The Labute approximate surface area is 304 Å². The maximum atomic E-state index is 12.7. The van der Waals surface area contributed by atoms with E-state index >= 15 is 0 Å². The minimum Gasteiger partial charge on any atom is -0.490 e. The zero-order valence-electron chi connectivity index (χ0n) is 29.0. The quantitative estimate of drug-likeness (QED) is 0.0655. The second-order valence-corrected chi connectivity index (χ2v) is 12.6. The van der Waals surface area contributed by atoms with Gasteiger partial charge in [-0.05, 0) is 62.8 Å². The number of carbonyl (C=O) groups is 3. The van der Waals surface area contributed by atoms with Crippen molar-refractivity contribution in [2.24, 2.45) is 17.4 Å². The molecule has 1 saturated heterocycles. The highest BCUT2D eigenvalue weighted by molar-refractivity contribution is 6.31. The molecule has 0 spiro atoms. The molecule has 1 aliphatic heterocycles. The second-order valence-electron chi connectivity index (χ2n) is 12.2. The van der Waals surface area contributed by atoms with Crippen molar-refractivity contribution in [1.82, 2.24) is 15.5 Å². The fourth-order valence-corrected chi connectivity index (χ4v) is 5.73. The number of aliphatic carboxylic acids is 1. The average Bonchev–Trinajstić information content (AvgIpc) is 3.12. The van der Waals surface area contributed by atoms with Gasteiger partial charge < -0.3 is 55.8 Å². The SMILES string of the molecule is N#Cc1ccc(OC2CCC(NC(=O)/C(N)=C/C=C(\N)N3CCC(C(=O)NCCOCCOCCOCCOCCC(=O)O)CC3)CC2)cc1Cl. The van der Waals surface area contributed by atoms with Crippen molar-refractivity contribution < 1.29 is 43.2 Å². The monoisotopic (exact) mass is 734 g/mol. The van der Waals surface area contributed by atoms with Crippen molar-refractivity contribution in [2.45, 2.75) is 57.1 Å². The van der Waals surface area contributed by atoms with Crippen LogP contribution in [0.1, 0.15) is 50.5 Å². The smallest absolute Gasteiger partial charge is 0.305 e. The molecule has 1 aromatic rings. The molecule has 0 unspecified atom stereocenters. The molecule has 1 saturated carbocycles. The lowest BCUT2D eigenvalue weighted by Gasteiger charge is -2.32. The molecule has 2 amide bonds. The normalized spacial score (nSPS) is 18.5. The first kappa shape index (κ1) is 41.4. The molecule has 1 aliphatic carbocycles. The highest BCUT2D eigenvalue weighted by atomic mass is 35.5. The molecule has 282 valence electrons. The van der Waals surface area contributed by atoms with E-state index in [0.29, 0.717) is 101 Å². The molecule has 0 bridgehead atoms. The molecule has 7 N–H and O–H groups in total. The number of amides is 2. The first-order valence-electron chi connectivity index (χ1n) is 17.3. The third kappa shape index (κ3) is 16.2. The first-order chi connectivity index (χ1) is 24.7. The van der Waals surface area contributed by atoms with Gasteiger partial charge in [-0.2, -0.15) is 5.26 Å². The molecule has 0 radical (unpaired) electrons. The van der Waals surface area contributed by atoms with E-state index in [9.17, 15) is 14.4 Å². The number of ether oxygens (including phenoxy) is 5. The van der Waals surface area contributed by atoms with Gasteiger partial charge in [-0.15, -0.1) is 0 Å². The van der Waals surface area contributed by atoms with Crippen LogP contribution in [0.25, 0.3) is 0 Å². The van der Waals surface area contributed by atoms with Gasteiger partial charge in [-0.3, -0.25) is 14.4 Å². The zero-order valence-corrected chi connectivity index (χ0v) is 29.7. The number of hydrogen-bond acceptors (Lipinski definition) is 12. The number of carboxylic acid groups (broad SMARTS) is 1. The largest absolute Gasteiger partial charge is 0.490 e. The highest BCUT2D eigenvalue weighted by Gasteiger charge is 2.26. The third-order valence-corrected chi connectivity index (χ3v) is 8.73. The Bertz CT molecular complexity index is 1360. The number of rotatable bonds is 22. The van der Waals surface area contributed by atoms with E-state index in [1.54, 1.807) is 24.3 Å². The molecule has 0 atom stereocenters. The Morgan fingerprint density at radius 1 is 0.902 bits per heavy atom. The summed E-state index contributed by atoms with van der Waals surface area (Å²) in [5.74, 6) is -0.275. The summed E-state index contributed by atoms with van der Waals surface area (Å²) in [5, 5.41) is 23.8. The van der Waals surface area contributed by atoms with E-state index in [1.165, 1.54) is 6.08 Å². The molecule has 2 fully saturated rings. The van der Waals surface area contributed by atoms with E-state index in [4.69, 9.17) is 57.1 Å². The highest BCUT2D eigenvalue weighted by Crippen LogP contribution is 2.27. The van der Waals surface area contributed by atoms with Crippen molar-refractivity contribution >= 4 is 29.4 Å². The Morgan fingerprint density at radius 2 is 1.51 bits per heavy atom. The van der Waals surface area contributed by atoms with Crippen molar-refractivity contribution in [3.63, 3.8) is 0 Å². The number of allylic oxidation sites excluding steroid dienone is 2. The van der Waals surface area contributed by atoms with Crippen LogP contribution in [0.2, 0.25) is 5.02 Å². The van der Waals surface area contributed by atoms with E-state index in [2.05, 4.69) is 10.6 Å². The van der Waals surface area contributed by atoms with Gasteiger partial charge in [0.25, 0.3) is 5.91 Å². The van der Waals surface area contributed by atoms with Crippen LogP contribution in [0.15, 0.2) is 41.9 Å². The van der Waals surface area contributed by atoms with Gasteiger partial charge in [0, 0.05) is 37.7 Å². The molecule has 0 aromatic heterocycles. The summed E-state index contributed by atoms with van der Waals surface area (Å²) in [5.41, 5.74) is 12.8. The van der Waals surface area contributed by atoms with E-state index in [-0.39, 0.29) is 48.6 Å². The molecule has 51 heavy (non-hydrogen) atoms. The molecule has 16 heteroatoms. The topological polar surface area (TPSA) is 221 Å². The number of carbonyl (C=O) groups excluding carboxylic acids is 2. The fraction of sp³-hybridized carbons (Fsp3) is 0.600. The van der Waals surface area contributed by atoms with Crippen molar-refractivity contribution in [1.29, 1.82) is 5.26 Å². The lowest BCUT2D eigenvalue weighted by atomic mass is 9.93. The number of hydrogen-bond donors (Lipinski definition) is 5. The number of nitriles is 1. The lowest BCUT2D eigenvalue weighted by Crippen LogP contribution is -2.42. The number of halogens is 1. The van der Waals surface area contributed by atoms with Crippen LogP contribution in [-0.4, -0.2) is 112 Å². The van der Waals surface area contributed by atoms with Crippen LogP contribution >= 0.6 is 11.6 Å². The molecular formula is C35H51ClN6O9. The van der Waals surface area contributed by atoms with Gasteiger partial charge in [-0.1, -0.05) is 11.6 Å². The minimum atomic E-state index is -0.893. The molecule has 2 aliphatic rings. The zero-order chi connectivity index (χ0) is 36.8. The third-order valence-electron chi connectivity index (χ3n) is 8.42. The predicted octanol–water partition coefficient (Wildman–Crippen LogP) is 2.03. The Hall–Kier alpha value is -4.07. The van der Waals surface area contributed by atoms with Gasteiger partial charge in [0.15, 0.2) is 0 Å². The summed E-state index contributed by atoms with van der Waals surface area (Å²) in [6, 6.07) is 7.03. The van der Waals surface area contributed by atoms with Gasteiger partial charge >= 0.3 is 5.97 Å². The number of likely N-dealkylation sites (tertiary alicyclic amines) is 1. The predicted molar refractivity (Wildman–Crippen MR) is 188 cm³/mol. The molecule has 1 heterocycles. The van der Waals surface area contributed by atoms with Crippen LogP contribution in [-0.2, 0) is 33.3 Å². The first-order valence-corrected chi connectivity index (χ1v) is 17.7. The fourth-order valence-electron chi connectivity index (χ4n) is 5.51. The van der Waals surface area contributed by atoms with Crippen LogP contribution in [0.4, 0.5) is 0 Å². The van der Waals surface area contributed by atoms with Gasteiger partial charge in [0.1, 0.15) is 11.8 Å². The number of nitrogens with zero attached hydrogens (tertiary/aromatic N) is 2. The minimum absolute atomic E-state index is 0.00475. The Morgan fingerprint density at radius 3 is 2.10 bits per heavy atom. The van der Waals surface area contributed by atoms with Crippen LogP contribution in [0.3, 0.4) is 0 Å². The molecular weight excluding hydrogens is 684 g/mol. The molecule has 1 aromatic carbocycles. The summed E-state index contributed by atoms with van der Waals surface area (Å²) < 4.78 is 27.4. The number of benzene rings is 1. The summed E-state index contributed by atoms with van der Waals surface area (Å²) in [6.07, 6.45) is 7.40. The van der Waals surface area contributed by atoms with E-state index in [0.717, 1.165) is 25.7 Å². The van der Waals surface area contributed by atoms with Crippen molar-refractivity contribution in [2.75, 3.05) is 72.5 Å². The van der Waals surface area contributed by atoms with E-state index < -0.39 is 5.97 Å². The summed E-state index contributed by atoms with van der Waals surface area (Å²) in [7, 11) is 0. The molecule has 3 rings (SSSR count). The summed E-state index contributed by atoms with van der Waals surface area (Å²) >= 11 is 6.10. The Kier molecular flexibility index (Phi) is 19.0. The standard InChI is InChI=1S/C35H51ClN6O9/c36-30-23-29(4-1-26(30)24-37)51-28-5-2-27(3-6-28)41-35(46)31(38)7-8-32(39)42-13-9-25(10-14-42)34(45)40-12-16-48-18-20-50-22-21-49-19-17-47-15-11-33(43)44/h1,4,7-8,23,25,27-28H,2-3,5-6,9-22,38-39H2,(H,40,45)(H,41,46)(H,43,44)/b31-7-,32-8+. The van der Waals surface area contributed by atoms with Gasteiger partial charge in [0.2, 0.25) is 5.91 Å². The Balaban J connectivity index is 1.21. The number of nitrogens with one attached hydrogen (secondary N) is 2. The average molecular weight is 735 g/mol. The van der Waals surface area contributed by atoms with Gasteiger partial charge in [-0.25, -0.2) is 0 Å². The van der Waals surface area contributed by atoms with E-state index in [1.807, 2.05) is 11.0 Å². The van der Waals surface area contributed by atoms with Gasteiger partial charge in [0.05, 0.1) is 87.5 Å². The number of piperidine rings is 1. The van der Waals surface area contributed by atoms with Crippen molar-refractivity contribution in [3.8, 4) is 11.8 Å². The maximum Gasteiger partial charge on any atom is 0.305 e. The maximum absolute atomic E-state index is 12.7. The summed E-state index contributed by atoms with van der Waals surface area (Å²) in [6.45, 7) is 4.48. The molecule has 15 nitrogen and oxygen atoms in total.